The number of halogens is 3. The van der Waals surface area contributed by atoms with E-state index < -0.39 is 17.3 Å². The van der Waals surface area contributed by atoms with Crippen LogP contribution in [0.4, 0.5) is 14.6 Å². The summed E-state index contributed by atoms with van der Waals surface area (Å²) in [6.07, 6.45) is 1.00. The first-order valence-electron chi connectivity index (χ1n) is 11.4. The van der Waals surface area contributed by atoms with Crippen LogP contribution < -0.4 is 10.6 Å². The van der Waals surface area contributed by atoms with Gasteiger partial charge in [0.05, 0.1) is 23.2 Å². The predicted molar refractivity (Wildman–Crippen MR) is 137 cm³/mol. The van der Waals surface area contributed by atoms with E-state index in [2.05, 4.69) is 11.6 Å². The minimum atomic E-state index is -0.744. The lowest BCUT2D eigenvalue weighted by Gasteiger charge is -2.35. The van der Waals surface area contributed by atoms with Gasteiger partial charge in [-0.15, -0.1) is 11.8 Å². The summed E-state index contributed by atoms with van der Waals surface area (Å²) >= 11 is 8.18. The van der Waals surface area contributed by atoms with Gasteiger partial charge in [0.1, 0.15) is 17.5 Å². The van der Waals surface area contributed by atoms with Gasteiger partial charge in [0.25, 0.3) is 0 Å². The molecule has 1 aromatic heterocycles. The minimum absolute atomic E-state index is 0.146. The van der Waals surface area contributed by atoms with Gasteiger partial charge < -0.3 is 14.5 Å². The molecule has 0 aliphatic carbocycles. The Balaban J connectivity index is 1.72. The Morgan fingerprint density at radius 3 is 2.67 bits per heavy atom. The van der Waals surface area contributed by atoms with Crippen molar-refractivity contribution in [3.05, 3.63) is 64.1 Å². The molecule has 2 aliphatic rings. The first-order chi connectivity index (χ1) is 17.3. The number of rotatable bonds is 4. The van der Waals surface area contributed by atoms with Gasteiger partial charge in [-0.25, -0.2) is 13.6 Å². The summed E-state index contributed by atoms with van der Waals surface area (Å²) in [6.45, 7) is 5.67. The lowest BCUT2D eigenvalue weighted by molar-refractivity contribution is -0.126. The largest absolute Gasteiger partial charge is 0.379 e. The lowest BCUT2D eigenvalue weighted by atomic mass is 10.0. The van der Waals surface area contributed by atoms with Crippen molar-refractivity contribution in [1.29, 1.82) is 0 Å². The number of carbonyl (C=O) groups excluding carboxylic acids is 1. The molecule has 1 fully saturated rings. The highest BCUT2D eigenvalue weighted by Crippen LogP contribution is 2.46. The Morgan fingerprint density at radius 2 is 2.00 bits per heavy atom. The molecule has 1 amide bonds. The van der Waals surface area contributed by atoms with Crippen LogP contribution in [0.2, 0.25) is 5.02 Å². The standard InChI is InChI=1S/C25H23ClF2N4O3S/c1-3-20(33)30-6-8-31(9-7-30)24-17-11-18(26)21(16-5-4-14(27)10-19(16)28)23-22(17)32(25(34)29-24)12-15(35-2)13-36-23/h3-5,10-11,15H,1,6-9,12-13H2,2H3. The van der Waals surface area contributed by atoms with Gasteiger partial charge in [0.15, 0.2) is 0 Å². The first kappa shape index (κ1) is 24.7. The molecule has 0 spiro atoms. The molecule has 0 saturated carbocycles. The Bertz CT molecular complexity index is 1440. The molecule has 2 aromatic carbocycles. The number of carbonyl (C=O) groups is 1. The van der Waals surface area contributed by atoms with Crippen LogP contribution in [0.5, 0.6) is 0 Å². The summed E-state index contributed by atoms with van der Waals surface area (Å²) < 4.78 is 35.7. The Morgan fingerprint density at radius 1 is 1.25 bits per heavy atom. The molecule has 5 rings (SSSR count). The molecule has 188 valence electrons. The van der Waals surface area contributed by atoms with E-state index in [1.54, 1.807) is 22.6 Å². The SMILES string of the molecule is C=CC(=O)N1CCN(c2nc(=O)n3c4c(c(-c5ccc(F)cc5F)c(Cl)cc24)SCC(OC)C3)CC1. The van der Waals surface area contributed by atoms with Crippen LogP contribution in [-0.4, -0.2) is 65.5 Å². The summed E-state index contributed by atoms with van der Waals surface area (Å²) in [5.74, 6) is -0.620. The van der Waals surface area contributed by atoms with E-state index in [4.69, 9.17) is 16.3 Å². The number of hydrogen-bond acceptors (Lipinski definition) is 6. The highest BCUT2D eigenvalue weighted by Gasteiger charge is 2.30. The van der Waals surface area contributed by atoms with Crippen LogP contribution in [-0.2, 0) is 16.1 Å². The first-order valence-corrected chi connectivity index (χ1v) is 12.7. The summed E-state index contributed by atoms with van der Waals surface area (Å²) in [4.78, 5) is 34.0. The van der Waals surface area contributed by atoms with Crippen LogP contribution in [0, 0.1) is 11.6 Å². The second-order valence-electron chi connectivity index (χ2n) is 8.60. The van der Waals surface area contributed by atoms with Crippen LogP contribution in [0.25, 0.3) is 22.0 Å². The van der Waals surface area contributed by atoms with Gasteiger partial charge in [-0.05, 0) is 24.3 Å². The minimum Gasteiger partial charge on any atom is -0.379 e. The predicted octanol–water partition coefficient (Wildman–Crippen LogP) is 3.95. The summed E-state index contributed by atoms with van der Waals surface area (Å²) in [6, 6.07) is 5.04. The highest BCUT2D eigenvalue weighted by atomic mass is 35.5. The average molecular weight is 533 g/mol. The molecule has 0 N–H and O–H groups in total. The molecule has 0 radical (unpaired) electrons. The van der Waals surface area contributed by atoms with Gasteiger partial charge >= 0.3 is 5.69 Å². The van der Waals surface area contributed by atoms with Gasteiger partial charge in [-0.2, -0.15) is 4.98 Å². The highest BCUT2D eigenvalue weighted by molar-refractivity contribution is 7.99. The van der Waals surface area contributed by atoms with Crippen LogP contribution in [0.1, 0.15) is 0 Å². The average Bonchev–Trinajstić information content (AvgIpc) is 3.07. The van der Waals surface area contributed by atoms with Crippen molar-refractivity contribution < 1.29 is 18.3 Å². The monoisotopic (exact) mass is 532 g/mol. The molecule has 36 heavy (non-hydrogen) atoms. The lowest BCUT2D eigenvalue weighted by Crippen LogP contribution is -2.49. The Kier molecular flexibility index (Phi) is 6.76. The maximum Gasteiger partial charge on any atom is 0.350 e. The van der Waals surface area contributed by atoms with Crippen molar-refractivity contribution >= 4 is 46.0 Å². The molecule has 3 aromatic rings. The number of ether oxygens (including phenoxy) is 1. The zero-order chi connectivity index (χ0) is 25.6. The van der Waals surface area contributed by atoms with E-state index in [0.29, 0.717) is 59.1 Å². The number of methoxy groups -OCH3 is 1. The smallest absolute Gasteiger partial charge is 0.350 e. The molecule has 3 heterocycles. The van der Waals surface area contributed by atoms with Gasteiger partial charge in [-0.3, -0.25) is 9.36 Å². The van der Waals surface area contributed by atoms with Crippen molar-refractivity contribution in [2.24, 2.45) is 0 Å². The van der Waals surface area contributed by atoms with Gasteiger partial charge in [0, 0.05) is 66.5 Å². The topological polar surface area (TPSA) is 67.7 Å². The number of hydrogen-bond donors (Lipinski definition) is 0. The van der Waals surface area contributed by atoms with Crippen LogP contribution in [0.15, 0.2) is 46.6 Å². The number of anilines is 1. The third kappa shape index (κ3) is 4.27. The molecule has 0 bridgehead atoms. The van der Waals surface area contributed by atoms with Gasteiger partial charge in [-0.1, -0.05) is 18.2 Å². The molecule has 1 unspecified atom stereocenters. The number of nitrogens with zero attached hydrogens (tertiary/aromatic N) is 4. The number of amides is 1. The van der Waals surface area contributed by atoms with Crippen molar-refractivity contribution in [2.45, 2.75) is 17.5 Å². The van der Waals surface area contributed by atoms with Crippen molar-refractivity contribution in [3.63, 3.8) is 0 Å². The molecule has 2 aliphatic heterocycles. The molecule has 1 atom stereocenters. The number of aromatic nitrogens is 2. The molecule has 11 heteroatoms. The van der Waals surface area contributed by atoms with Gasteiger partial charge in [0.2, 0.25) is 5.91 Å². The van der Waals surface area contributed by atoms with E-state index in [0.717, 1.165) is 6.07 Å². The maximum atomic E-state index is 14.9. The zero-order valence-electron chi connectivity index (χ0n) is 19.5. The second kappa shape index (κ2) is 9.84. The fraction of sp³-hybridized carbons (Fsp3) is 0.320. The Labute approximate surface area is 215 Å². The number of benzene rings is 2. The molecular weight excluding hydrogens is 510 g/mol. The number of thioether (sulfide) groups is 1. The fourth-order valence-electron chi connectivity index (χ4n) is 4.70. The number of piperazine rings is 1. The van der Waals surface area contributed by atoms with Crippen LogP contribution >= 0.6 is 23.4 Å². The van der Waals surface area contributed by atoms with Crippen molar-refractivity contribution in [3.8, 4) is 11.1 Å². The molecule has 7 nitrogen and oxygen atoms in total. The van der Waals surface area contributed by atoms with E-state index >= 15 is 0 Å². The van der Waals surface area contributed by atoms with E-state index in [1.165, 1.54) is 30.0 Å². The van der Waals surface area contributed by atoms with Crippen molar-refractivity contribution in [1.82, 2.24) is 14.5 Å². The molecule has 1 saturated heterocycles. The maximum absolute atomic E-state index is 14.9. The summed E-state index contributed by atoms with van der Waals surface area (Å²) in [7, 11) is 1.57. The van der Waals surface area contributed by atoms with Crippen LogP contribution in [0.3, 0.4) is 0 Å². The Hall–Kier alpha value is -2.95. The van der Waals surface area contributed by atoms with Crippen molar-refractivity contribution in [2.75, 3.05) is 43.9 Å². The van der Waals surface area contributed by atoms with E-state index in [9.17, 15) is 18.4 Å². The van der Waals surface area contributed by atoms with E-state index in [1.807, 2.05) is 4.90 Å². The summed E-state index contributed by atoms with van der Waals surface area (Å²) in [5.41, 5.74) is 0.675. The second-order valence-corrected chi connectivity index (χ2v) is 10.0. The third-order valence-corrected chi connectivity index (χ3v) is 8.07. The third-order valence-electron chi connectivity index (χ3n) is 6.55. The quantitative estimate of drug-likeness (QED) is 0.474. The fourth-order valence-corrected chi connectivity index (χ4v) is 6.38. The van der Waals surface area contributed by atoms with E-state index in [-0.39, 0.29) is 29.1 Å². The molecular formula is C25H23ClF2N4O3S. The summed E-state index contributed by atoms with van der Waals surface area (Å²) in [5, 5.41) is 0.911. The normalized spacial score (nSPS) is 17.8. The zero-order valence-corrected chi connectivity index (χ0v) is 21.0.